The standard InChI is InChI=1S/C17H18ClFN2O3S/c1-11-10-13(18)4-9-16(11)20-17(22)12(2)21(25(3,23)24)15-7-5-14(19)6-8-15/h4-10,12H,1-3H3,(H,20,22). The zero-order valence-corrected chi connectivity index (χ0v) is 15.5. The van der Waals surface area contributed by atoms with Crippen LogP contribution in [-0.2, 0) is 14.8 Å². The Labute approximate surface area is 151 Å². The molecule has 0 spiro atoms. The first kappa shape index (κ1) is 19.2. The Morgan fingerprint density at radius 2 is 1.80 bits per heavy atom. The lowest BCUT2D eigenvalue weighted by molar-refractivity contribution is -0.116. The average Bonchev–Trinajstić information content (AvgIpc) is 2.50. The molecule has 1 amide bonds. The van der Waals surface area contributed by atoms with Crippen LogP contribution in [0.5, 0.6) is 0 Å². The Morgan fingerprint density at radius 1 is 1.20 bits per heavy atom. The smallest absolute Gasteiger partial charge is 0.248 e. The van der Waals surface area contributed by atoms with Crippen LogP contribution < -0.4 is 9.62 Å². The van der Waals surface area contributed by atoms with Crippen molar-refractivity contribution < 1.29 is 17.6 Å². The molecule has 0 aliphatic rings. The van der Waals surface area contributed by atoms with E-state index in [1.54, 1.807) is 25.1 Å². The van der Waals surface area contributed by atoms with E-state index >= 15 is 0 Å². The van der Waals surface area contributed by atoms with Crippen molar-refractivity contribution in [3.8, 4) is 0 Å². The largest absolute Gasteiger partial charge is 0.324 e. The molecule has 134 valence electrons. The molecule has 0 aromatic heterocycles. The Kier molecular flexibility index (Phi) is 5.69. The van der Waals surface area contributed by atoms with Crippen LogP contribution >= 0.6 is 11.6 Å². The Morgan fingerprint density at radius 3 is 2.32 bits per heavy atom. The summed E-state index contributed by atoms with van der Waals surface area (Å²) in [6.07, 6.45) is 0.994. The summed E-state index contributed by atoms with van der Waals surface area (Å²) in [6.45, 7) is 3.24. The Hall–Kier alpha value is -2.12. The van der Waals surface area contributed by atoms with Gasteiger partial charge in [0.05, 0.1) is 11.9 Å². The van der Waals surface area contributed by atoms with Gasteiger partial charge in [-0.05, 0) is 61.9 Å². The number of hydrogen-bond donors (Lipinski definition) is 1. The number of nitrogens with zero attached hydrogens (tertiary/aromatic N) is 1. The molecule has 5 nitrogen and oxygen atoms in total. The number of halogens is 2. The molecule has 2 rings (SSSR count). The van der Waals surface area contributed by atoms with E-state index in [4.69, 9.17) is 11.6 Å². The van der Waals surface area contributed by atoms with Gasteiger partial charge < -0.3 is 5.32 Å². The van der Waals surface area contributed by atoms with Gasteiger partial charge in [-0.2, -0.15) is 0 Å². The van der Waals surface area contributed by atoms with Crippen molar-refractivity contribution in [3.63, 3.8) is 0 Å². The second kappa shape index (κ2) is 7.41. The van der Waals surface area contributed by atoms with Gasteiger partial charge in [0.1, 0.15) is 11.9 Å². The van der Waals surface area contributed by atoms with Gasteiger partial charge in [0, 0.05) is 10.7 Å². The number of nitrogens with one attached hydrogen (secondary N) is 1. The third-order valence-corrected chi connectivity index (χ3v) is 5.09. The number of aryl methyl sites for hydroxylation is 1. The van der Waals surface area contributed by atoms with Crippen LogP contribution in [-0.4, -0.2) is 26.6 Å². The van der Waals surface area contributed by atoms with E-state index in [1.807, 2.05) is 0 Å². The maximum Gasteiger partial charge on any atom is 0.248 e. The molecule has 2 aromatic carbocycles. The van der Waals surface area contributed by atoms with E-state index in [-0.39, 0.29) is 5.69 Å². The highest BCUT2D eigenvalue weighted by molar-refractivity contribution is 7.92. The average molecular weight is 385 g/mol. The van der Waals surface area contributed by atoms with E-state index in [0.29, 0.717) is 10.7 Å². The van der Waals surface area contributed by atoms with Crippen LogP contribution in [0.15, 0.2) is 42.5 Å². The second-order valence-electron chi connectivity index (χ2n) is 5.66. The van der Waals surface area contributed by atoms with Gasteiger partial charge in [-0.15, -0.1) is 0 Å². The molecule has 1 N–H and O–H groups in total. The molecule has 0 fully saturated rings. The normalized spacial score (nSPS) is 12.5. The summed E-state index contributed by atoms with van der Waals surface area (Å²) in [7, 11) is -3.76. The highest BCUT2D eigenvalue weighted by Gasteiger charge is 2.29. The summed E-state index contributed by atoms with van der Waals surface area (Å²) in [5, 5.41) is 3.23. The van der Waals surface area contributed by atoms with Gasteiger partial charge in [0.15, 0.2) is 0 Å². The summed E-state index contributed by atoms with van der Waals surface area (Å²) >= 11 is 5.89. The molecular formula is C17H18ClFN2O3S. The number of carbonyl (C=O) groups excluding carboxylic acids is 1. The third kappa shape index (κ3) is 4.70. The van der Waals surface area contributed by atoms with Gasteiger partial charge in [-0.1, -0.05) is 11.6 Å². The predicted molar refractivity (Wildman–Crippen MR) is 98.0 cm³/mol. The monoisotopic (exact) mass is 384 g/mol. The van der Waals surface area contributed by atoms with E-state index in [9.17, 15) is 17.6 Å². The third-order valence-electron chi connectivity index (χ3n) is 3.62. The quantitative estimate of drug-likeness (QED) is 0.856. The van der Waals surface area contributed by atoms with E-state index in [0.717, 1.165) is 28.3 Å². The molecular weight excluding hydrogens is 367 g/mol. The number of amides is 1. The second-order valence-corrected chi connectivity index (χ2v) is 7.96. The van der Waals surface area contributed by atoms with Gasteiger partial charge >= 0.3 is 0 Å². The van der Waals surface area contributed by atoms with Crippen LogP contribution in [0, 0.1) is 12.7 Å². The molecule has 0 radical (unpaired) electrons. The number of rotatable bonds is 5. The van der Waals surface area contributed by atoms with Gasteiger partial charge in [0.25, 0.3) is 0 Å². The highest BCUT2D eigenvalue weighted by Crippen LogP contribution is 2.23. The molecule has 8 heteroatoms. The lowest BCUT2D eigenvalue weighted by Crippen LogP contribution is -2.45. The predicted octanol–water partition coefficient (Wildman–Crippen LogP) is 3.58. The molecule has 0 bridgehead atoms. The van der Waals surface area contributed by atoms with E-state index < -0.39 is 27.8 Å². The van der Waals surface area contributed by atoms with Crippen molar-refractivity contribution in [2.75, 3.05) is 15.9 Å². The van der Waals surface area contributed by atoms with Crippen molar-refractivity contribution in [1.29, 1.82) is 0 Å². The van der Waals surface area contributed by atoms with Gasteiger partial charge in [-0.25, -0.2) is 12.8 Å². The molecule has 1 atom stereocenters. The summed E-state index contributed by atoms with van der Waals surface area (Å²) < 4.78 is 38.4. The number of hydrogen-bond acceptors (Lipinski definition) is 3. The van der Waals surface area contributed by atoms with Crippen LogP contribution in [0.3, 0.4) is 0 Å². The molecule has 0 saturated heterocycles. The summed E-state index contributed by atoms with van der Waals surface area (Å²) in [6, 6.07) is 8.84. The molecule has 0 aliphatic heterocycles. The number of benzene rings is 2. The highest BCUT2D eigenvalue weighted by atomic mass is 35.5. The Bertz CT molecular complexity index is 885. The fourth-order valence-corrected chi connectivity index (χ4v) is 3.80. The minimum absolute atomic E-state index is 0.208. The van der Waals surface area contributed by atoms with E-state index in [1.165, 1.54) is 19.1 Å². The van der Waals surface area contributed by atoms with Gasteiger partial charge in [0.2, 0.25) is 15.9 Å². The zero-order chi connectivity index (χ0) is 18.8. The molecule has 0 aliphatic carbocycles. The van der Waals surface area contributed by atoms with Crippen LogP contribution in [0.1, 0.15) is 12.5 Å². The minimum Gasteiger partial charge on any atom is -0.324 e. The maximum atomic E-state index is 13.1. The van der Waals surface area contributed by atoms with Crippen molar-refractivity contribution in [1.82, 2.24) is 0 Å². The van der Waals surface area contributed by atoms with Crippen LogP contribution in [0.4, 0.5) is 15.8 Å². The number of sulfonamides is 1. The lowest BCUT2D eigenvalue weighted by atomic mass is 10.2. The molecule has 1 unspecified atom stereocenters. The number of anilines is 2. The van der Waals surface area contributed by atoms with E-state index in [2.05, 4.69) is 5.32 Å². The zero-order valence-electron chi connectivity index (χ0n) is 14.0. The van der Waals surface area contributed by atoms with Gasteiger partial charge in [-0.3, -0.25) is 9.10 Å². The molecule has 0 heterocycles. The van der Waals surface area contributed by atoms with Crippen molar-refractivity contribution in [2.24, 2.45) is 0 Å². The first-order valence-electron chi connectivity index (χ1n) is 7.41. The summed E-state index contributed by atoms with van der Waals surface area (Å²) in [4.78, 5) is 12.6. The van der Waals surface area contributed by atoms with Crippen molar-refractivity contribution in [2.45, 2.75) is 19.9 Å². The summed E-state index contributed by atoms with van der Waals surface area (Å²) in [5.41, 5.74) is 1.49. The van der Waals surface area contributed by atoms with Crippen LogP contribution in [0.2, 0.25) is 5.02 Å². The maximum absolute atomic E-state index is 13.1. The Balaban J connectivity index is 2.31. The molecule has 25 heavy (non-hydrogen) atoms. The van der Waals surface area contributed by atoms with Crippen molar-refractivity contribution in [3.05, 3.63) is 58.9 Å². The minimum atomic E-state index is -3.76. The topological polar surface area (TPSA) is 66.5 Å². The van der Waals surface area contributed by atoms with Crippen LogP contribution in [0.25, 0.3) is 0 Å². The molecule has 2 aromatic rings. The summed E-state index contributed by atoms with van der Waals surface area (Å²) in [5.74, 6) is -1.01. The molecule has 0 saturated carbocycles. The van der Waals surface area contributed by atoms with Crippen molar-refractivity contribution >= 4 is 38.9 Å². The SMILES string of the molecule is Cc1cc(Cl)ccc1NC(=O)C(C)N(c1ccc(F)cc1)S(C)(=O)=O. The number of carbonyl (C=O) groups is 1. The first-order chi connectivity index (χ1) is 11.6. The fraction of sp³-hybridized carbons (Fsp3) is 0.235. The first-order valence-corrected chi connectivity index (χ1v) is 9.64. The fourth-order valence-electron chi connectivity index (χ4n) is 2.40. The lowest BCUT2D eigenvalue weighted by Gasteiger charge is -2.28.